The summed E-state index contributed by atoms with van der Waals surface area (Å²) < 4.78 is 4.99. The summed E-state index contributed by atoms with van der Waals surface area (Å²) in [5, 5.41) is 3.27. The quantitative estimate of drug-likeness (QED) is 0.682. The van der Waals surface area contributed by atoms with E-state index >= 15 is 0 Å². The molecule has 5 heteroatoms. The molecule has 0 radical (unpaired) electrons. The highest BCUT2D eigenvalue weighted by Crippen LogP contribution is 2.22. The Kier molecular flexibility index (Phi) is 7.58. The third-order valence-corrected chi connectivity index (χ3v) is 3.59. The van der Waals surface area contributed by atoms with E-state index in [1.807, 2.05) is 0 Å². The summed E-state index contributed by atoms with van der Waals surface area (Å²) in [7, 11) is 0. The van der Waals surface area contributed by atoms with E-state index in [2.05, 4.69) is 24.1 Å². The number of hydrogen-bond acceptors (Lipinski definition) is 5. The van der Waals surface area contributed by atoms with Crippen LogP contribution >= 0.6 is 0 Å². The second kappa shape index (κ2) is 9.21. The monoisotopic (exact) mass is 293 g/mol. The van der Waals surface area contributed by atoms with Crippen LogP contribution in [0.4, 0.5) is 11.5 Å². The third-order valence-electron chi connectivity index (χ3n) is 3.59. The van der Waals surface area contributed by atoms with Crippen LogP contribution in [-0.2, 0) is 4.74 Å². The summed E-state index contributed by atoms with van der Waals surface area (Å²) in [4.78, 5) is 16.0. The minimum absolute atomic E-state index is 0.332. The minimum Gasteiger partial charge on any atom is -0.462 e. The van der Waals surface area contributed by atoms with Gasteiger partial charge in [0.05, 0.1) is 17.9 Å². The first-order chi connectivity index (χ1) is 10.1. The van der Waals surface area contributed by atoms with Gasteiger partial charge in [0.15, 0.2) is 0 Å². The number of esters is 1. The largest absolute Gasteiger partial charge is 0.462 e. The summed E-state index contributed by atoms with van der Waals surface area (Å²) in [6.07, 6.45) is 6.32. The minimum atomic E-state index is -0.404. The number of carbonyl (C=O) groups excluding carboxylic acids is 1. The molecule has 0 spiro atoms. The van der Waals surface area contributed by atoms with Gasteiger partial charge in [-0.3, -0.25) is 0 Å². The maximum atomic E-state index is 11.8. The Bertz CT molecular complexity index is 449. The molecule has 0 amide bonds. The van der Waals surface area contributed by atoms with Crippen molar-refractivity contribution in [2.45, 2.75) is 46.5 Å². The fraction of sp³-hybridized carbons (Fsp3) is 0.625. The molecule has 0 aliphatic carbocycles. The van der Waals surface area contributed by atoms with Crippen LogP contribution in [0.5, 0.6) is 0 Å². The van der Waals surface area contributed by atoms with Gasteiger partial charge in [-0.05, 0) is 25.3 Å². The molecule has 1 rings (SSSR count). The van der Waals surface area contributed by atoms with Gasteiger partial charge in [-0.1, -0.05) is 33.1 Å². The highest BCUT2D eigenvalue weighted by Gasteiger charge is 2.15. The number of ether oxygens (including phenoxy) is 1. The van der Waals surface area contributed by atoms with E-state index in [0.717, 1.165) is 13.0 Å². The van der Waals surface area contributed by atoms with E-state index < -0.39 is 5.97 Å². The average molecular weight is 293 g/mol. The summed E-state index contributed by atoms with van der Waals surface area (Å²) >= 11 is 0. The number of anilines is 2. The van der Waals surface area contributed by atoms with Gasteiger partial charge < -0.3 is 15.8 Å². The number of aromatic nitrogens is 1. The number of carbonyl (C=O) groups is 1. The van der Waals surface area contributed by atoms with Crippen molar-refractivity contribution in [3.05, 3.63) is 17.8 Å². The molecule has 0 aliphatic rings. The molecular weight excluding hydrogens is 266 g/mol. The SMILES string of the molecule is CCCCC(CC)CNc1nccc(C(=O)OCC)c1N. The van der Waals surface area contributed by atoms with E-state index in [-0.39, 0.29) is 0 Å². The number of nitrogens with one attached hydrogen (secondary N) is 1. The summed E-state index contributed by atoms with van der Waals surface area (Å²) in [6.45, 7) is 7.31. The predicted molar refractivity (Wildman–Crippen MR) is 86.4 cm³/mol. The van der Waals surface area contributed by atoms with Crippen LogP contribution in [0.2, 0.25) is 0 Å². The smallest absolute Gasteiger partial charge is 0.340 e. The Morgan fingerprint density at radius 1 is 1.43 bits per heavy atom. The second-order valence-electron chi connectivity index (χ2n) is 5.14. The van der Waals surface area contributed by atoms with Crippen molar-refractivity contribution < 1.29 is 9.53 Å². The van der Waals surface area contributed by atoms with Gasteiger partial charge in [0.1, 0.15) is 5.82 Å². The molecule has 1 heterocycles. The maximum Gasteiger partial charge on any atom is 0.340 e. The Morgan fingerprint density at radius 2 is 2.19 bits per heavy atom. The van der Waals surface area contributed by atoms with Crippen molar-refractivity contribution in [1.29, 1.82) is 0 Å². The number of hydrogen-bond donors (Lipinski definition) is 2. The first-order valence-electron chi connectivity index (χ1n) is 7.79. The van der Waals surface area contributed by atoms with Gasteiger partial charge in [0.2, 0.25) is 0 Å². The lowest BCUT2D eigenvalue weighted by Gasteiger charge is -2.17. The Hall–Kier alpha value is -1.78. The molecule has 3 N–H and O–H groups in total. The molecule has 5 nitrogen and oxygen atoms in total. The second-order valence-corrected chi connectivity index (χ2v) is 5.14. The lowest BCUT2D eigenvalue weighted by atomic mass is 9.99. The number of pyridine rings is 1. The Labute approximate surface area is 127 Å². The molecule has 0 aromatic carbocycles. The van der Waals surface area contributed by atoms with Crippen LogP contribution in [0.1, 0.15) is 56.8 Å². The molecule has 0 bridgehead atoms. The zero-order valence-electron chi connectivity index (χ0n) is 13.3. The molecule has 0 aliphatic heterocycles. The highest BCUT2D eigenvalue weighted by molar-refractivity contribution is 5.97. The summed E-state index contributed by atoms with van der Waals surface area (Å²) in [5.41, 5.74) is 6.75. The molecule has 0 saturated carbocycles. The number of unbranched alkanes of at least 4 members (excludes halogenated alkanes) is 1. The number of rotatable bonds is 9. The van der Waals surface area contributed by atoms with Gasteiger partial charge in [-0.2, -0.15) is 0 Å². The van der Waals surface area contributed by atoms with Crippen LogP contribution in [0, 0.1) is 5.92 Å². The third kappa shape index (κ3) is 5.25. The average Bonchev–Trinajstić information content (AvgIpc) is 2.49. The topological polar surface area (TPSA) is 77.2 Å². The number of nitrogens with zero attached hydrogens (tertiary/aromatic N) is 1. The lowest BCUT2D eigenvalue weighted by molar-refractivity contribution is 0.0527. The molecule has 0 fully saturated rings. The van der Waals surface area contributed by atoms with Crippen LogP contribution in [0.15, 0.2) is 12.3 Å². The summed E-state index contributed by atoms with van der Waals surface area (Å²) in [5.74, 6) is 0.756. The van der Waals surface area contributed by atoms with Crippen LogP contribution in [-0.4, -0.2) is 24.1 Å². The van der Waals surface area contributed by atoms with E-state index in [1.165, 1.54) is 19.3 Å². The van der Waals surface area contributed by atoms with Crippen LogP contribution in [0.25, 0.3) is 0 Å². The molecule has 1 atom stereocenters. The van der Waals surface area contributed by atoms with Gasteiger partial charge in [0.25, 0.3) is 0 Å². The van der Waals surface area contributed by atoms with E-state index in [1.54, 1.807) is 19.2 Å². The van der Waals surface area contributed by atoms with Gasteiger partial charge in [-0.15, -0.1) is 0 Å². The van der Waals surface area contributed by atoms with E-state index in [4.69, 9.17) is 10.5 Å². The van der Waals surface area contributed by atoms with Crippen molar-refractivity contribution in [2.75, 3.05) is 24.2 Å². The predicted octanol–water partition coefficient (Wildman–Crippen LogP) is 3.47. The molecule has 1 unspecified atom stereocenters. The first kappa shape index (κ1) is 17.3. The molecule has 1 aromatic rings. The van der Waals surface area contributed by atoms with Gasteiger partial charge >= 0.3 is 5.97 Å². The van der Waals surface area contributed by atoms with Gasteiger partial charge in [-0.25, -0.2) is 9.78 Å². The lowest BCUT2D eigenvalue weighted by Crippen LogP contribution is -2.17. The van der Waals surface area contributed by atoms with Crippen molar-refractivity contribution in [1.82, 2.24) is 4.98 Å². The number of nitrogen functional groups attached to an aromatic ring is 1. The standard InChI is InChI=1S/C16H27N3O2/c1-4-7-8-12(5-2)11-19-15-14(17)13(9-10-18-15)16(20)21-6-3/h9-10,12H,4-8,11,17H2,1-3H3,(H,18,19). The maximum absolute atomic E-state index is 11.8. The van der Waals surface area contributed by atoms with Crippen LogP contribution < -0.4 is 11.1 Å². The molecule has 1 aromatic heterocycles. The van der Waals surface area contributed by atoms with Crippen molar-refractivity contribution >= 4 is 17.5 Å². The van der Waals surface area contributed by atoms with E-state index in [0.29, 0.717) is 29.6 Å². The Morgan fingerprint density at radius 3 is 2.81 bits per heavy atom. The first-order valence-corrected chi connectivity index (χ1v) is 7.79. The summed E-state index contributed by atoms with van der Waals surface area (Å²) in [6, 6.07) is 1.59. The van der Waals surface area contributed by atoms with Gasteiger partial charge in [0, 0.05) is 12.7 Å². The zero-order chi connectivity index (χ0) is 15.7. The van der Waals surface area contributed by atoms with E-state index in [9.17, 15) is 4.79 Å². The fourth-order valence-electron chi connectivity index (χ4n) is 2.19. The number of nitrogens with two attached hydrogens (primary N) is 1. The fourth-order valence-corrected chi connectivity index (χ4v) is 2.19. The van der Waals surface area contributed by atoms with Crippen molar-refractivity contribution in [2.24, 2.45) is 5.92 Å². The van der Waals surface area contributed by atoms with Crippen molar-refractivity contribution in [3.63, 3.8) is 0 Å². The zero-order valence-corrected chi connectivity index (χ0v) is 13.3. The van der Waals surface area contributed by atoms with Crippen molar-refractivity contribution in [3.8, 4) is 0 Å². The normalized spacial score (nSPS) is 12.0. The molecular formula is C16H27N3O2. The molecule has 21 heavy (non-hydrogen) atoms. The van der Waals surface area contributed by atoms with Crippen LogP contribution in [0.3, 0.4) is 0 Å². The Balaban J connectivity index is 2.71. The highest BCUT2D eigenvalue weighted by atomic mass is 16.5. The molecule has 118 valence electrons. The molecule has 0 saturated heterocycles.